The summed E-state index contributed by atoms with van der Waals surface area (Å²) in [7, 11) is 0. The molecule has 5 heteroatoms. The third-order valence-electron chi connectivity index (χ3n) is 2.00. The minimum absolute atomic E-state index is 0.142. The summed E-state index contributed by atoms with van der Waals surface area (Å²) in [6, 6.07) is 6.49. The van der Waals surface area contributed by atoms with Gasteiger partial charge >= 0.3 is 0 Å². The van der Waals surface area contributed by atoms with Crippen LogP contribution in [0.5, 0.6) is 0 Å². The van der Waals surface area contributed by atoms with Gasteiger partial charge in [-0.15, -0.1) is 0 Å². The van der Waals surface area contributed by atoms with Gasteiger partial charge in [-0.1, -0.05) is 23.2 Å². The number of hydrogen-bond donors (Lipinski definition) is 1. The zero-order valence-corrected chi connectivity index (χ0v) is 9.43. The molecule has 0 unspecified atom stereocenters. The van der Waals surface area contributed by atoms with Crippen molar-refractivity contribution in [2.75, 3.05) is 0 Å². The first-order chi connectivity index (χ1) is 7.08. The highest BCUT2D eigenvalue weighted by atomic mass is 35.5. The van der Waals surface area contributed by atoms with Gasteiger partial charge in [-0.25, -0.2) is 4.68 Å². The van der Waals surface area contributed by atoms with Crippen molar-refractivity contribution in [3.8, 4) is 5.69 Å². The van der Waals surface area contributed by atoms with Crippen molar-refractivity contribution in [2.45, 2.75) is 6.92 Å². The monoisotopic (exact) mass is 242 g/mol. The molecule has 0 spiro atoms. The summed E-state index contributed by atoms with van der Waals surface area (Å²) in [5.41, 5.74) is 1.24. The molecule has 1 aromatic heterocycles. The molecule has 0 aliphatic heterocycles. The van der Waals surface area contributed by atoms with Crippen LogP contribution in [0.4, 0.5) is 0 Å². The van der Waals surface area contributed by atoms with Gasteiger partial charge in [0, 0.05) is 16.8 Å². The molecule has 1 N–H and O–H groups in total. The van der Waals surface area contributed by atoms with E-state index in [9.17, 15) is 4.79 Å². The number of benzene rings is 1. The SMILES string of the molecule is Cc1cc(=O)n(-c2ccc(Cl)cc2Cl)[nH]1. The highest BCUT2D eigenvalue weighted by Crippen LogP contribution is 2.22. The standard InChI is InChI=1S/C10H8Cl2N2O/c1-6-4-10(15)14(13-6)9-3-2-7(11)5-8(9)12/h2-5,13H,1H3. The summed E-state index contributed by atoms with van der Waals surface area (Å²) >= 11 is 11.7. The van der Waals surface area contributed by atoms with E-state index in [4.69, 9.17) is 23.2 Å². The molecule has 0 amide bonds. The molecule has 0 bridgehead atoms. The maximum atomic E-state index is 11.5. The normalized spacial score (nSPS) is 10.6. The number of aromatic amines is 1. The molecule has 78 valence electrons. The average Bonchev–Trinajstić information content (AvgIpc) is 2.45. The van der Waals surface area contributed by atoms with Gasteiger partial charge in [-0.3, -0.25) is 9.89 Å². The van der Waals surface area contributed by atoms with Gasteiger partial charge in [-0.2, -0.15) is 0 Å². The van der Waals surface area contributed by atoms with Gasteiger partial charge in [0.1, 0.15) is 0 Å². The van der Waals surface area contributed by atoms with E-state index >= 15 is 0 Å². The predicted octanol–water partition coefficient (Wildman–Crippen LogP) is 2.78. The molecule has 0 aliphatic rings. The summed E-state index contributed by atoms with van der Waals surface area (Å²) in [4.78, 5) is 11.5. The molecule has 1 heterocycles. The summed E-state index contributed by atoms with van der Waals surface area (Å²) in [6.07, 6.45) is 0. The Morgan fingerprint density at radius 2 is 2.00 bits per heavy atom. The Bertz CT molecular complexity index is 557. The van der Waals surface area contributed by atoms with Gasteiger partial charge in [0.15, 0.2) is 0 Å². The molecule has 1 aromatic carbocycles. The molecule has 0 saturated carbocycles. The molecule has 0 aliphatic carbocycles. The molecule has 3 nitrogen and oxygen atoms in total. The van der Waals surface area contributed by atoms with Crippen LogP contribution in [-0.4, -0.2) is 9.78 Å². The van der Waals surface area contributed by atoms with Gasteiger partial charge in [-0.05, 0) is 25.1 Å². The zero-order valence-electron chi connectivity index (χ0n) is 7.92. The zero-order chi connectivity index (χ0) is 11.0. The van der Waals surface area contributed by atoms with E-state index in [2.05, 4.69) is 5.10 Å². The van der Waals surface area contributed by atoms with Crippen molar-refractivity contribution < 1.29 is 0 Å². The Hall–Kier alpha value is -1.19. The first-order valence-corrected chi connectivity index (χ1v) is 5.07. The number of nitrogens with one attached hydrogen (secondary N) is 1. The van der Waals surface area contributed by atoms with Crippen molar-refractivity contribution in [2.24, 2.45) is 0 Å². The van der Waals surface area contributed by atoms with E-state index in [1.165, 1.54) is 10.7 Å². The lowest BCUT2D eigenvalue weighted by Gasteiger charge is -2.04. The second kappa shape index (κ2) is 3.76. The summed E-state index contributed by atoms with van der Waals surface area (Å²) in [5.74, 6) is 0. The average molecular weight is 243 g/mol. The first kappa shape index (κ1) is 10.3. The summed E-state index contributed by atoms with van der Waals surface area (Å²) in [6.45, 7) is 1.81. The van der Waals surface area contributed by atoms with E-state index in [1.54, 1.807) is 18.2 Å². The lowest BCUT2D eigenvalue weighted by Crippen LogP contribution is -2.13. The fraction of sp³-hybridized carbons (Fsp3) is 0.100. The smallest absolute Gasteiger partial charge is 0.271 e. The fourth-order valence-corrected chi connectivity index (χ4v) is 1.85. The minimum Gasteiger partial charge on any atom is -0.295 e. The highest BCUT2D eigenvalue weighted by molar-refractivity contribution is 6.35. The quantitative estimate of drug-likeness (QED) is 0.821. The number of aryl methyl sites for hydroxylation is 1. The number of hydrogen-bond acceptors (Lipinski definition) is 1. The topological polar surface area (TPSA) is 37.8 Å². The molecule has 0 radical (unpaired) electrons. The Balaban J connectivity index is 2.64. The number of aromatic nitrogens is 2. The van der Waals surface area contributed by atoms with E-state index in [1.807, 2.05) is 6.92 Å². The van der Waals surface area contributed by atoms with Crippen LogP contribution in [0.3, 0.4) is 0 Å². The highest BCUT2D eigenvalue weighted by Gasteiger charge is 2.07. The van der Waals surface area contributed by atoms with Crippen molar-refractivity contribution in [1.82, 2.24) is 9.78 Å². The predicted molar refractivity (Wildman–Crippen MR) is 61.1 cm³/mol. The Morgan fingerprint density at radius 1 is 1.27 bits per heavy atom. The largest absolute Gasteiger partial charge is 0.295 e. The Kier molecular flexibility index (Phi) is 2.59. The third-order valence-corrected chi connectivity index (χ3v) is 2.54. The second-order valence-corrected chi connectivity index (χ2v) is 4.05. The Labute approximate surface area is 96.2 Å². The van der Waals surface area contributed by atoms with Crippen LogP contribution in [0, 0.1) is 6.92 Å². The molecule has 15 heavy (non-hydrogen) atoms. The summed E-state index contributed by atoms with van der Waals surface area (Å²) < 4.78 is 1.38. The molecule has 2 aromatic rings. The number of rotatable bonds is 1. The third kappa shape index (κ3) is 1.94. The van der Waals surface area contributed by atoms with Crippen LogP contribution in [0.15, 0.2) is 29.1 Å². The van der Waals surface area contributed by atoms with Gasteiger partial charge < -0.3 is 0 Å². The van der Waals surface area contributed by atoms with E-state index in [0.717, 1.165) is 5.69 Å². The van der Waals surface area contributed by atoms with Crippen molar-refractivity contribution in [1.29, 1.82) is 0 Å². The van der Waals surface area contributed by atoms with E-state index in [0.29, 0.717) is 15.7 Å². The van der Waals surface area contributed by atoms with Crippen LogP contribution < -0.4 is 5.56 Å². The van der Waals surface area contributed by atoms with Crippen LogP contribution in [0.2, 0.25) is 10.0 Å². The Morgan fingerprint density at radius 3 is 2.53 bits per heavy atom. The number of nitrogens with zero attached hydrogens (tertiary/aromatic N) is 1. The lowest BCUT2D eigenvalue weighted by atomic mass is 10.3. The van der Waals surface area contributed by atoms with Gasteiger partial charge in [0.25, 0.3) is 5.56 Å². The van der Waals surface area contributed by atoms with Crippen LogP contribution >= 0.6 is 23.2 Å². The van der Waals surface area contributed by atoms with E-state index < -0.39 is 0 Å². The van der Waals surface area contributed by atoms with Crippen molar-refractivity contribution >= 4 is 23.2 Å². The molecule has 0 atom stereocenters. The maximum absolute atomic E-state index is 11.5. The van der Waals surface area contributed by atoms with Gasteiger partial charge in [0.05, 0.1) is 10.7 Å². The molecular weight excluding hydrogens is 235 g/mol. The molecular formula is C10H8Cl2N2O. The molecule has 2 rings (SSSR count). The molecule has 0 saturated heterocycles. The first-order valence-electron chi connectivity index (χ1n) is 4.32. The lowest BCUT2D eigenvalue weighted by molar-refractivity contribution is 0.835. The van der Waals surface area contributed by atoms with Crippen LogP contribution in [-0.2, 0) is 0 Å². The van der Waals surface area contributed by atoms with Crippen molar-refractivity contribution in [3.63, 3.8) is 0 Å². The summed E-state index contributed by atoms with van der Waals surface area (Å²) in [5, 5.41) is 3.88. The van der Waals surface area contributed by atoms with Gasteiger partial charge in [0.2, 0.25) is 0 Å². The second-order valence-electron chi connectivity index (χ2n) is 3.21. The van der Waals surface area contributed by atoms with Crippen LogP contribution in [0.25, 0.3) is 5.69 Å². The van der Waals surface area contributed by atoms with Crippen LogP contribution in [0.1, 0.15) is 5.69 Å². The fourth-order valence-electron chi connectivity index (χ4n) is 1.36. The minimum atomic E-state index is -0.142. The van der Waals surface area contributed by atoms with E-state index in [-0.39, 0.29) is 5.56 Å². The number of halogens is 2. The molecule has 0 fully saturated rings. The number of H-pyrrole nitrogens is 1. The maximum Gasteiger partial charge on any atom is 0.271 e. The van der Waals surface area contributed by atoms with Crippen molar-refractivity contribution in [3.05, 3.63) is 50.4 Å².